The molecule has 112 valence electrons. The number of rotatable bonds is 1. The van der Waals surface area contributed by atoms with Crippen LogP contribution in [0.15, 0.2) is 35.4 Å². The minimum atomic E-state index is 0.0114. The van der Waals surface area contributed by atoms with Crippen LogP contribution in [0, 0.1) is 0 Å². The van der Waals surface area contributed by atoms with Gasteiger partial charge in [-0.1, -0.05) is 12.1 Å². The number of hydrogen-bond acceptors (Lipinski definition) is 3. The van der Waals surface area contributed by atoms with Crippen molar-refractivity contribution in [2.45, 2.75) is 57.7 Å². The summed E-state index contributed by atoms with van der Waals surface area (Å²) in [5.41, 5.74) is 0.861. The molecular formula is C17H23N3O. The maximum atomic E-state index is 12.8. The topological polar surface area (TPSA) is 46.9 Å². The molecule has 0 radical (unpaired) electrons. The predicted molar refractivity (Wildman–Crippen MR) is 85.6 cm³/mol. The molecular weight excluding hydrogens is 262 g/mol. The summed E-state index contributed by atoms with van der Waals surface area (Å²) in [5, 5.41) is 4.36. The fourth-order valence-corrected chi connectivity index (χ4v) is 3.81. The van der Waals surface area contributed by atoms with Crippen molar-refractivity contribution >= 4 is 10.9 Å². The monoisotopic (exact) mass is 285 g/mol. The molecule has 2 heterocycles. The van der Waals surface area contributed by atoms with E-state index in [4.69, 9.17) is 0 Å². The molecule has 0 unspecified atom stereocenters. The Labute approximate surface area is 125 Å². The van der Waals surface area contributed by atoms with Gasteiger partial charge in [0.25, 0.3) is 5.56 Å². The summed E-state index contributed by atoms with van der Waals surface area (Å²) in [5.74, 6) is 0. The van der Waals surface area contributed by atoms with Crippen LogP contribution in [0.4, 0.5) is 0 Å². The molecule has 1 aliphatic heterocycles. The molecule has 3 rings (SSSR count). The summed E-state index contributed by atoms with van der Waals surface area (Å²) in [4.78, 5) is 17.2. The number of hydrogen-bond donors (Lipinski definition) is 1. The highest BCUT2D eigenvalue weighted by Gasteiger charge is 2.38. The second-order valence-electron chi connectivity index (χ2n) is 7.43. The Kier molecular flexibility index (Phi) is 3.17. The Morgan fingerprint density at radius 3 is 2.43 bits per heavy atom. The first-order chi connectivity index (χ1) is 9.77. The van der Waals surface area contributed by atoms with Crippen LogP contribution < -0.4 is 10.9 Å². The number of fused-ring (bicyclic) bond motifs is 1. The van der Waals surface area contributed by atoms with E-state index in [2.05, 4.69) is 38.0 Å². The van der Waals surface area contributed by atoms with Gasteiger partial charge in [-0.2, -0.15) is 0 Å². The quantitative estimate of drug-likeness (QED) is 0.876. The van der Waals surface area contributed by atoms with Gasteiger partial charge in [0.05, 0.1) is 17.2 Å². The maximum Gasteiger partial charge on any atom is 0.261 e. The maximum absolute atomic E-state index is 12.8. The fourth-order valence-electron chi connectivity index (χ4n) is 3.81. The van der Waals surface area contributed by atoms with Gasteiger partial charge in [0, 0.05) is 17.1 Å². The lowest BCUT2D eigenvalue weighted by molar-refractivity contribution is 0.130. The van der Waals surface area contributed by atoms with E-state index in [1.54, 1.807) is 6.33 Å². The van der Waals surface area contributed by atoms with Gasteiger partial charge in [0.15, 0.2) is 0 Å². The molecule has 4 heteroatoms. The summed E-state index contributed by atoms with van der Waals surface area (Å²) in [7, 11) is 0. The van der Waals surface area contributed by atoms with Crippen molar-refractivity contribution in [3.05, 3.63) is 40.9 Å². The number of nitrogens with one attached hydrogen (secondary N) is 1. The van der Waals surface area contributed by atoms with Crippen molar-refractivity contribution in [3.63, 3.8) is 0 Å². The highest BCUT2D eigenvalue weighted by molar-refractivity contribution is 5.76. The Morgan fingerprint density at radius 2 is 1.76 bits per heavy atom. The second kappa shape index (κ2) is 4.67. The Bertz CT molecular complexity index is 714. The van der Waals surface area contributed by atoms with Crippen LogP contribution in [-0.2, 0) is 0 Å². The van der Waals surface area contributed by atoms with Crippen LogP contribution in [0.25, 0.3) is 10.9 Å². The smallest absolute Gasteiger partial charge is 0.261 e. The lowest BCUT2D eigenvalue weighted by Crippen LogP contribution is -2.58. The van der Waals surface area contributed by atoms with Gasteiger partial charge in [0.2, 0.25) is 0 Å². The molecule has 0 bridgehead atoms. The van der Waals surface area contributed by atoms with Crippen LogP contribution in [0.1, 0.15) is 46.6 Å². The molecule has 1 aromatic carbocycles. The van der Waals surface area contributed by atoms with Crippen molar-refractivity contribution < 1.29 is 0 Å². The molecule has 0 spiro atoms. The number of piperidine rings is 1. The third-order valence-corrected chi connectivity index (χ3v) is 4.25. The highest BCUT2D eigenvalue weighted by Crippen LogP contribution is 2.35. The normalized spacial score (nSPS) is 21.5. The van der Waals surface area contributed by atoms with Gasteiger partial charge < -0.3 is 5.32 Å². The summed E-state index contributed by atoms with van der Waals surface area (Å²) >= 11 is 0. The van der Waals surface area contributed by atoms with Crippen molar-refractivity contribution in [2.24, 2.45) is 0 Å². The van der Waals surface area contributed by atoms with Crippen molar-refractivity contribution in [1.29, 1.82) is 0 Å². The van der Waals surface area contributed by atoms with Crippen LogP contribution >= 0.6 is 0 Å². The van der Waals surface area contributed by atoms with E-state index in [1.165, 1.54) is 0 Å². The summed E-state index contributed by atoms with van der Waals surface area (Å²) < 4.78 is 1.83. The lowest BCUT2D eigenvalue weighted by atomic mass is 9.79. The molecule has 1 aromatic heterocycles. The van der Waals surface area contributed by atoms with Crippen LogP contribution in [0.2, 0.25) is 0 Å². The zero-order valence-corrected chi connectivity index (χ0v) is 13.2. The third kappa shape index (κ3) is 2.72. The van der Waals surface area contributed by atoms with Crippen LogP contribution in [0.5, 0.6) is 0 Å². The van der Waals surface area contributed by atoms with E-state index < -0.39 is 0 Å². The van der Waals surface area contributed by atoms with Gasteiger partial charge in [-0.15, -0.1) is 0 Å². The molecule has 0 aliphatic carbocycles. The van der Waals surface area contributed by atoms with Gasteiger partial charge in [0.1, 0.15) is 0 Å². The standard InChI is InChI=1S/C17H23N3O/c1-16(2)9-12(10-17(3,4)19-16)20-11-18-14-8-6-5-7-13(14)15(20)21/h5-8,11-12,19H,9-10H2,1-4H3. The first kappa shape index (κ1) is 14.3. The van der Waals surface area contributed by atoms with E-state index in [-0.39, 0.29) is 22.7 Å². The third-order valence-electron chi connectivity index (χ3n) is 4.25. The molecule has 1 aliphatic rings. The Hall–Kier alpha value is -1.68. The molecule has 0 amide bonds. The van der Waals surface area contributed by atoms with E-state index in [9.17, 15) is 4.79 Å². The minimum Gasteiger partial charge on any atom is -0.307 e. The van der Waals surface area contributed by atoms with Crippen molar-refractivity contribution in [3.8, 4) is 0 Å². The first-order valence-corrected chi connectivity index (χ1v) is 7.53. The van der Waals surface area contributed by atoms with Gasteiger partial charge in [-0.3, -0.25) is 9.36 Å². The second-order valence-corrected chi connectivity index (χ2v) is 7.43. The zero-order chi connectivity index (χ0) is 15.3. The minimum absolute atomic E-state index is 0.0114. The van der Waals surface area contributed by atoms with Gasteiger partial charge in [-0.25, -0.2) is 4.98 Å². The molecule has 1 fully saturated rings. The van der Waals surface area contributed by atoms with Gasteiger partial charge in [-0.05, 0) is 52.7 Å². The number of nitrogens with zero attached hydrogens (tertiary/aromatic N) is 2. The number of aromatic nitrogens is 2. The Balaban J connectivity index is 2.08. The summed E-state index contributed by atoms with van der Waals surface area (Å²) in [6.45, 7) is 8.78. The average Bonchev–Trinajstić information content (AvgIpc) is 2.35. The summed E-state index contributed by atoms with van der Waals surface area (Å²) in [6, 6.07) is 7.73. The van der Waals surface area contributed by atoms with E-state index in [0.29, 0.717) is 5.39 Å². The number of benzene rings is 1. The molecule has 4 nitrogen and oxygen atoms in total. The highest BCUT2D eigenvalue weighted by atomic mass is 16.1. The van der Waals surface area contributed by atoms with Crippen LogP contribution in [-0.4, -0.2) is 20.6 Å². The first-order valence-electron chi connectivity index (χ1n) is 7.53. The van der Waals surface area contributed by atoms with E-state index in [1.807, 2.05) is 28.8 Å². The largest absolute Gasteiger partial charge is 0.307 e. The number of para-hydroxylation sites is 1. The van der Waals surface area contributed by atoms with Crippen molar-refractivity contribution in [2.75, 3.05) is 0 Å². The van der Waals surface area contributed by atoms with Crippen molar-refractivity contribution in [1.82, 2.24) is 14.9 Å². The molecule has 2 aromatic rings. The van der Waals surface area contributed by atoms with Crippen LogP contribution in [0.3, 0.4) is 0 Å². The SMILES string of the molecule is CC1(C)CC(n2cnc3ccccc3c2=O)CC(C)(C)N1. The fraction of sp³-hybridized carbons (Fsp3) is 0.529. The molecule has 21 heavy (non-hydrogen) atoms. The molecule has 0 atom stereocenters. The average molecular weight is 285 g/mol. The van der Waals surface area contributed by atoms with E-state index >= 15 is 0 Å². The summed E-state index contributed by atoms with van der Waals surface area (Å²) in [6.07, 6.45) is 3.57. The zero-order valence-electron chi connectivity index (χ0n) is 13.2. The molecule has 1 N–H and O–H groups in total. The van der Waals surface area contributed by atoms with E-state index in [0.717, 1.165) is 18.4 Å². The lowest BCUT2D eigenvalue weighted by Gasteiger charge is -2.46. The van der Waals surface area contributed by atoms with Gasteiger partial charge >= 0.3 is 0 Å². The molecule has 1 saturated heterocycles. The predicted octanol–water partition coefficient (Wildman–Crippen LogP) is 2.88. The molecule has 0 saturated carbocycles. The Morgan fingerprint density at radius 1 is 1.14 bits per heavy atom.